The van der Waals surface area contributed by atoms with Gasteiger partial charge in [0.2, 0.25) is 11.8 Å². The number of nitrogens with one attached hydrogen (secondary N) is 1. The van der Waals surface area contributed by atoms with Gasteiger partial charge in [0.1, 0.15) is 12.4 Å². The number of thioether (sulfide) groups is 1. The van der Waals surface area contributed by atoms with Gasteiger partial charge < -0.3 is 14.8 Å². The molecule has 2 amide bonds. The number of imidazole rings is 1. The molecule has 2 heterocycles. The molecule has 3 aromatic rings. The number of halogens is 1. The molecule has 0 saturated carbocycles. The van der Waals surface area contributed by atoms with E-state index in [2.05, 4.69) is 24.1 Å². The number of nitrogens with zero attached hydrogens (tertiary/aromatic N) is 3. The second kappa shape index (κ2) is 9.73. The maximum atomic E-state index is 13.8. The van der Waals surface area contributed by atoms with Crippen LogP contribution in [0.15, 0.2) is 53.7 Å². The normalized spacial score (nSPS) is 18.7. The van der Waals surface area contributed by atoms with Crippen LogP contribution >= 0.6 is 11.8 Å². The molecule has 1 saturated heterocycles. The number of amides is 2. The Bertz CT molecular complexity index is 1120. The molecular weight excluding hydrogens is 427 g/mol. The van der Waals surface area contributed by atoms with E-state index in [1.165, 1.54) is 23.9 Å². The average molecular weight is 455 g/mol. The minimum atomic E-state index is -0.478. The van der Waals surface area contributed by atoms with E-state index in [1.54, 1.807) is 12.1 Å². The number of benzene rings is 2. The first kappa shape index (κ1) is 22.3. The van der Waals surface area contributed by atoms with E-state index in [1.807, 2.05) is 33.7 Å². The molecule has 1 aliphatic rings. The first-order valence-corrected chi connectivity index (χ1v) is 11.8. The predicted octanol–water partition coefficient (Wildman–Crippen LogP) is 4.41. The molecule has 0 aliphatic carbocycles. The molecule has 0 bridgehead atoms. The number of carbonyl (C=O) groups is 2. The Labute approximate surface area is 191 Å². The van der Waals surface area contributed by atoms with E-state index in [9.17, 15) is 14.0 Å². The number of carbonyl (C=O) groups excluding carboxylic acids is 2. The lowest BCUT2D eigenvalue weighted by atomic mass is 9.92. The fraction of sp³-hybridized carbons (Fsp3) is 0.375. The van der Waals surface area contributed by atoms with Crippen molar-refractivity contribution in [2.24, 2.45) is 11.8 Å². The largest absolute Gasteiger partial charge is 0.341 e. The minimum absolute atomic E-state index is 0.0592. The summed E-state index contributed by atoms with van der Waals surface area (Å²) < 4.78 is 15.7. The SMILES string of the molecule is C[C@@H]1C[C@@H](C)CN(C(=O)Cn2c(SCC(=O)Nc3ccccc3F)nc3ccccc32)C1. The highest BCUT2D eigenvalue weighted by molar-refractivity contribution is 7.99. The third kappa shape index (κ3) is 5.12. The number of anilines is 1. The molecule has 0 radical (unpaired) electrons. The quantitative estimate of drug-likeness (QED) is 0.560. The predicted molar refractivity (Wildman–Crippen MR) is 125 cm³/mol. The van der Waals surface area contributed by atoms with Gasteiger partial charge in [-0.2, -0.15) is 0 Å². The van der Waals surface area contributed by atoms with E-state index in [0.717, 1.165) is 30.5 Å². The zero-order valence-corrected chi connectivity index (χ0v) is 19.1. The van der Waals surface area contributed by atoms with Gasteiger partial charge in [-0.25, -0.2) is 9.37 Å². The van der Waals surface area contributed by atoms with Crippen molar-refractivity contribution in [2.75, 3.05) is 24.2 Å². The number of aromatic nitrogens is 2. The van der Waals surface area contributed by atoms with Crippen LogP contribution in [0.4, 0.5) is 10.1 Å². The fourth-order valence-corrected chi connectivity index (χ4v) is 5.11. The second-order valence-electron chi connectivity index (χ2n) is 8.53. The van der Waals surface area contributed by atoms with Gasteiger partial charge in [0.25, 0.3) is 0 Å². The van der Waals surface area contributed by atoms with Crippen LogP contribution in [0.25, 0.3) is 11.0 Å². The van der Waals surface area contributed by atoms with Crippen LogP contribution in [0.1, 0.15) is 20.3 Å². The monoisotopic (exact) mass is 454 g/mol. The molecule has 32 heavy (non-hydrogen) atoms. The van der Waals surface area contributed by atoms with Crippen molar-refractivity contribution < 1.29 is 14.0 Å². The van der Waals surface area contributed by atoms with E-state index < -0.39 is 5.82 Å². The van der Waals surface area contributed by atoms with Crippen LogP contribution in [-0.4, -0.2) is 45.1 Å². The summed E-state index contributed by atoms with van der Waals surface area (Å²) in [4.78, 5) is 32.1. The van der Waals surface area contributed by atoms with Gasteiger partial charge in [-0.15, -0.1) is 0 Å². The molecule has 0 spiro atoms. The highest BCUT2D eigenvalue weighted by Crippen LogP contribution is 2.26. The van der Waals surface area contributed by atoms with Crippen LogP contribution in [0.2, 0.25) is 0 Å². The second-order valence-corrected chi connectivity index (χ2v) is 9.47. The topological polar surface area (TPSA) is 67.2 Å². The van der Waals surface area contributed by atoms with Crippen LogP contribution < -0.4 is 5.32 Å². The van der Waals surface area contributed by atoms with E-state index >= 15 is 0 Å². The first-order valence-electron chi connectivity index (χ1n) is 10.8. The molecule has 168 valence electrons. The zero-order chi connectivity index (χ0) is 22.7. The summed E-state index contributed by atoms with van der Waals surface area (Å²) in [5.74, 6) is 0.279. The van der Waals surface area contributed by atoms with Crippen molar-refractivity contribution in [2.45, 2.75) is 32.0 Å². The van der Waals surface area contributed by atoms with Crippen LogP contribution in [0.5, 0.6) is 0 Å². The Hall–Kier alpha value is -2.87. The lowest BCUT2D eigenvalue weighted by Crippen LogP contribution is -2.44. The molecule has 1 aromatic heterocycles. The van der Waals surface area contributed by atoms with Gasteiger partial charge in [-0.3, -0.25) is 9.59 Å². The van der Waals surface area contributed by atoms with Gasteiger partial charge in [-0.05, 0) is 42.5 Å². The van der Waals surface area contributed by atoms with Crippen molar-refractivity contribution in [3.63, 3.8) is 0 Å². The summed E-state index contributed by atoms with van der Waals surface area (Å²) in [5.41, 5.74) is 1.78. The number of hydrogen-bond acceptors (Lipinski definition) is 4. The first-order chi connectivity index (χ1) is 15.4. The van der Waals surface area contributed by atoms with Gasteiger partial charge >= 0.3 is 0 Å². The van der Waals surface area contributed by atoms with Crippen LogP contribution in [0, 0.1) is 17.7 Å². The van der Waals surface area contributed by atoms with Gasteiger partial charge in [0.15, 0.2) is 5.16 Å². The Balaban J connectivity index is 1.49. The minimum Gasteiger partial charge on any atom is -0.341 e. The summed E-state index contributed by atoms with van der Waals surface area (Å²) in [7, 11) is 0. The van der Waals surface area contributed by atoms with Crippen molar-refractivity contribution >= 4 is 40.3 Å². The molecule has 1 N–H and O–H groups in total. The molecule has 1 fully saturated rings. The van der Waals surface area contributed by atoms with Crippen molar-refractivity contribution in [3.05, 3.63) is 54.3 Å². The van der Waals surface area contributed by atoms with Gasteiger partial charge in [0.05, 0.1) is 22.5 Å². The maximum absolute atomic E-state index is 13.8. The summed E-state index contributed by atoms with van der Waals surface area (Å²) in [6, 6.07) is 13.7. The number of hydrogen-bond donors (Lipinski definition) is 1. The molecule has 0 unspecified atom stereocenters. The molecule has 4 rings (SSSR count). The summed E-state index contributed by atoms with van der Waals surface area (Å²) in [6.45, 7) is 6.07. The number of likely N-dealkylation sites (tertiary alicyclic amines) is 1. The highest BCUT2D eigenvalue weighted by atomic mass is 32.2. The number of para-hydroxylation sites is 3. The molecule has 2 atom stereocenters. The van der Waals surface area contributed by atoms with Crippen LogP contribution in [0.3, 0.4) is 0 Å². The van der Waals surface area contributed by atoms with Crippen molar-refractivity contribution in [1.29, 1.82) is 0 Å². The third-order valence-corrected chi connectivity index (χ3v) is 6.59. The summed E-state index contributed by atoms with van der Waals surface area (Å²) >= 11 is 1.24. The molecular formula is C24H27FN4O2S. The Morgan fingerprint density at radius 1 is 1.09 bits per heavy atom. The molecule has 2 aromatic carbocycles. The summed E-state index contributed by atoms with van der Waals surface area (Å²) in [6.07, 6.45) is 1.13. The standard InChI is InChI=1S/C24H27FN4O2S/c1-16-11-17(2)13-28(12-16)23(31)14-29-21-10-6-5-9-20(21)27-24(29)32-15-22(30)26-19-8-4-3-7-18(19)25/h3-10,16-17H,11-15H2,1-2H3,(H,26,30)/t16-,17-/m1/s1. The van der Waals surface area contributed by atoms with Crippen molar-refractivity contribution in [1.82, 2.24) is 14.5 Å². The third-order valence-electron chi connectivity index (χ3n) is 5.61. The lowest BCUT2D eigenvalue weighted by Gasteiger charge is -2.35. The van der Waals surface area contributed by atoms with E-state index in [4.69, 9.17) is 0 Å². The Morgan fingerprint density at radius 2 is 1.78 bits per heavy atom. The number of fused-ring (bicyclic) bond motifs is 1. The average Bonchev–Trinajstić information content (AvgIpc) is 3.10. The fourth-order valence-electron chi connectivity index (χ4n) is 4.30. The Kier molecular flexibility index (Phi) is 6.79. The highest BCUT2D eigenvalue weighted by Gasteiger charge is 2.26. The summed E-state index contributed by atoms with van der Waals surface area (Å²) in [5, 5.41) is 3.19. The molecule has 1 aliphatic heterocycles. The number of piperidine rings is 1. The molecule has 6 nitrogen and oxygen atoms in total. The van der Waals surface area contributed by atoms with E-state index in [0.29, 0.717) is 17.0 Å². The molecule has 8 heteroatoms. The van der Waals surface area contributed by atoms with E-state index in [-0.39, 0.29) is 29.8 Å². The van der Waals surface area contributed by atoms with Crippen LogP contribution in [-0.2, 0) is 16.1 Å². The smallest absolute Gasteiger partial charge is 0.242 e. The number of rotatable bonds is 6. The zero-order valence-electron chi connectivity index (χ0n) is 18.3. The van der Waals surface area contributed by atoms with Gasteiger partial charge in [0, 0.05) is 13.1 Å². The van der Waals surface area contributed by atoms with Gasteiger partial charge in [-0.1, -0.05) is 49.9 Å². The maximum Gasteiger partial charge on any atom is 0.242 e. The van der Waals surface area contributed by atoms with Crippen molar-refractivity contribution in [3.8, 4) is 0 Å². The lowest BCUT2D eigenvalue weighted by molar-refractivity contribution is -0.134. The Morgan fingerprint density at radius 3 is 2.53 bits per heavy atom.